The third kappa shape index (κ3) is 8.55. The number of amides is 3. The van der Waals surface area contributed by atoms with Gasteiger partial charge in [0.1, 0.15) is 17.5 Å². The molecule has 1 atom stereocenters. The third-order valence-electron chi connectivity index (χ3n) is 7.73. The highest BCUT2D eigenvalue weighted by atomic mass is 35.5. The first-order valence-corrected chi connectivity index (χ1v) is 15.3. The fraction of sp³-hybridized carbons (Fsp3) is 0.452. The lowest BCUT2D eigenvalue weighted by Gasteiger charge is -2.29. The lowest BCUT2D eigenvalue weighted by atomic mass is 9.96. The minimum absolute atomic E-state index is 0.0395. The van der Waals surface area contributed by atoms with E-state index in [-0.39, 0.29) is 17.7 Å². The topological polar surface area (TPSA) is 130 Å². The average molecular weight is 608 g/mol. The van der Waals surface area contributed by atoms with Crippen LogP contribution in [-0.2, 0) is 29.1 Å². The van der Waals surface area contributed by atoms with Gasteiger partial charge in [-0.3, -0.25) is 19.1 Å². The molecular formula is C31H38ClN7O4. The van der Waals surface area contributed by atoms with Crippen molar-refractivity contribution < 1.29 is 19.1 Å². The van der Waals surface area contributed by atoms with E-state index >= 15 is 0 Å². The number of ether oxygens (including phenoxy) is 1. The van der Waals surface area contributed by atoms with Crippen molar-refractivity contribution in [3.05, 3.63) is 76.6 Å². The summed E-state index contributed by atoms with van der Waals surface area (Å²) in [4.78, 5) is 41.9. The molecule has 11 nitrogen and oxygen atoms in total. The van der Waals surface area contributed by atoms with Gasteiger partial charge in [-0.2, -0.15) is 0 Å². The minimum Gasteiger partial charge on any atom is -0.492 e. The van der Waals surface area contributed by atoms with Crippen LogP contribution in [0.2, 0.25) is 5.02 Å². The molecule has 2 aromatic carbocycles. The highest BCUT2D eigenvalue weighted by Gasteiger charge is 2.27. The Hall–Kier alpha value is -3.96. The maximum absolute atomic E-state index is 13.5. The fourth-order valence-corrected chi connectivity index (χ4v) is 5.62. The highest BCUT2D eigenvalue weighted by Crippen LogP contribution is 2.26. The van der Waals surface area contributed by atoms with Crippen LogP contribution < -0.4 is 20.7 Å². The summed E-state index contributed by atoms with van der Waals surface area (Å²) in [6, 6.07) is 13.6. The molecule has 6 rings (SSSR count). The summed E-state index contributed by atoms with van der Waals surface area (Å²) >= 11 is 6.44. The largest absolute Gasteiger partial charge is 0.492 e. The van der Waals surface area contributed by atoms with Gasteiger partial charge in [-0.05, 0) is 56.1 Å². The Morgan fingerprint density at radius 3 is 2.63 bits per heavy atom. The number of nitrogens with one attached hydrogen (secondary N) is 3. The predicted octanol–water partition coefficient (Wildman–Crippen LogP) is 2.59. The van der Waals surface area contributed by atoms with Gasteiger partial charge in [0.25, 0.3) is 5.91 Å². The van der Waals surface area contributed by atoms with E-state index in [1.165, 1.54) is 0 Å². The summed E-state index contributed by atoms with van der Waals surface area (Å²) in [5.74, 6) is -0.176. The highest BCUT2D eigenvalue weighted by molar-refractivity contribution is 6.32. The number of fused-ring (bicyclic) bond motifs is 14. The van der Waals surface area contributed by atoms with Gasteiger partial charge >= 0.3 is 0 Å². The first-order chi connectivity index (χ1) is 21.0. The van der Waals surface area contributed by atoms with Crippen LogP contribution in [0.3, 0.4) is 0 Å². The summed E-state index contributed by atoms with van der Waals surface area (Å²) in [7, 11) is 0. The standard InChI is InChI=1S/C31H38ClN7O4/c32-26-19-24-8-9-28(26)43-17-5-16-39-21-25(36-37-39)20-38(31(42)23-10-13-33-14-11-23)15-4-12-34-30(41)27(35-29(24)40)18-22-6-2-1-3-7-22/h1-3,6-9,19,21,23,27,33H,4-5,10-18,20H2,(H,34,41)(H,35,40)/t27-/m0/s1. The summed E-state index contributed by atoms with van der Waals surface area (Å²) < 4.78 is 7.60. The first kappa shape index (κ1) is 30.5. The predicted molar refractivity (Wildman–Crippen MR) is 162 cm³/mol. The van der Waals surface area contributed by atoms with Gasteiger partial charge in [0.15, 0.2) is 0 Å². The van der Waals surface area contributed by atoms with E-state index in [4.69, 9.17) is 16.3 Å². The number of hydrogen-bond donors (Lipinski definition) is 3. The molecule has 228 valence electrons. The molecule has 12 heteroatoms. The van der Waals surface area contributed by atoms with Crippen LogP contribution in [0.15, 0.2) is 54.7 Å². The Labute approximate surface area is 256 Å². The summed E-state index contributed by atoms with van der Waals surface area (Å²) in [5, 5.41) is 18.0. The minimum atomic E-state index is -0.804. The Bertz CT molecular complexity index is 1390. The molecule has 1 fully saturated rings. The van der Waals surface area contributed by atoms with Crippen molar-refractivity contribution in [2.75, 3.05) is 32.8 Å². The van der Waals surface area contributed by atoms with Gasteiger partial charge in [0.2, 0.25) is 11.8 Å². The second-order valence-electron chi connectivity index (χ2n) is 11.0. The van der Waals surface area contributed by atoms with Gasteiger partial charge < -0.3 is 25.6 Å². The van der Waals surface area contributed by atoms with E-state index in [2.05, 4.69) is 26.3 Å². The van der Waals surface area contributed by atoms with E-state index in [1.807, 2.05) is 41.4 Å². The number of carbonyl (C=O) groups is 3. The third-order valence-corrected chi connectivity index (χ3v) is 8.03. The lowest BCUT2D eigenvalue weighted by Crippen LogP contribution is -2.48. The van der Waals surface area contributed by atoms with Crippen LogP contribution >= 0.6 is 11.6 Å². The quantitative estimate of drug-likeness (QED) is 0.417. The van der Waals surface area contributed by atoms with E-state index in [1.54, 1.807) is 22.9 Å². The second kappa shape index (κ2) is 15.0. The molecule has 4 bridgehead atoms. The monoisotopic (exact) mass is 607 g/mol. The SMILES string of the molecule is O=C1N[C@@H](Cc2ccccc2)C(=O)NCCCN(C(=O)C2CCNCC2)Cc2cn(nn2)CCCOc2ccc1cc2Cl. The van der Waals surface area contributed by atoms with Gasteiger partial charge in [0.05, 0.1) is 24.4 Å². The molecule has 0 saturated carbocycles. The summed E-state index contributed by atoms with van der Waals surface area (Å²) in [5.41, 5.74) is 1.96. The average Bonchev–Trinajstić information content (AvgIpc) is 3.48. The van der Waals surface area contributed by atoms with E-state index in [0.29, 0.717) is 74.1 Å². The maximum Gasteiger partial charge on any atom is 0.251 e. The Kier molecular flexibility index (Phi) is 10.6. The molecule has 0 spiro atoms. The molecule has 43 heavy (non-hydrogen) atoms. The molecule has 3 N–H and O–H groups in total. The van der Waals surface area contributed by atoms with Crippen LogP contribution in [0.4, 0.5) is 0 Å². The van der Waals surface area contributed by atoms with Crippen LogP contribution in [0.5, 0.6) is 5.75 Å². The molecule has 3 amide bonds. The molecule has 1 saturated heterocycles. The number of piperidine rings is 1. The first-order valence-electron chi connectivity index (χ1n) is 14.9. The Balaban J connectivity index is 1.34. The van der Waals surface area contributed by atoms with Crippen LogP contribution in [0.1, 0.15) is 47.3 Å². The maximum atomic E-state index is 13.5. The lowest BCUT2D eigenvalue weighted by molar-refractivity contribution is -0.137. The number of hydrogen-bond acceptors (Lipinski definition) is 7. The molecule has 3 aliphatic rings. The molecular weight excluding hydrogens is 570 g/mol. The van der Waals surface area contributed by atoms with E-state index in [0.717, 1.165) is 31.5 Å². The number of rotatable bonds is 3. The molecule has 0 aliphatic carbocycles. The Morgan fingerprint density at radius 2 is 1.84 bits per heavy atom. The molecule has 1 aromatic heterocycles. The van der Waals surface area contributed by atoms with Gasteiger partial charge in [-0.1, -0.05) is 47.1 Å². The number of aryl methyl sites for hydroxylation is 1. The number of aromatic nitrogens is 3. The number of halogens is 1. The van der Waals surface area contributed by atoms with Crippen LogP contribution in [0, 0.1) is 5.92 Å². The van der Waals surface area contributed by atoms with Crippen molar-refractivity contribution in [1.29, 1.82) is 0 Å². The van der Waals surface area contributed by atoms with Crippen LogP contribution in [-0.4, -0.2) is 76.4 Å². The fourth-order valence-electron chi connectivity index (χ4n) is 5.38. The molecule has 3 aromatic rings. The van der Waals surface area contributed by atoms with E-state index in [9.17, 15) is 14.4 Å². The molecule has 3 aliphatic heterocycles. The zero-order valence-corrected chi connectivity index (χ0v) is 24.9. The van der Waals surface area contributed by atoms with Gasteiger partial charge in [-0.25, -0.2) is 0 Å². The van der Waals surface area contributed by atoms with Crippen molar-refractivity contribution >= 4 is 29.3 Å². The summed E-state index contributed by atoms with van der Waals surface area (Å²) in [6.07, 6.45) is 4.99. The van der Waals surface area contributed by atoms with Crippen molar-refractivity contribution in [3.8, 4) is 5.75 Å². The molecule has 0 unspecified atom stereocenters. The van der Waals surface area contributed by atoms with Crippen molar-refractivity contribution in [2.45, 2.75) is 51.2 Å². The van der Waals surface area contributed by atoms with Crippen molar-refractivity contribution in [1.82, 2.24) is 35.8 Å². The zero-order chi connectivity index (χ0) is 30.0. The van der Waals surface area contributed by atoms with Gasteiger partial charge in [-0.15, -0.1) is 5.10 Å². The van der Waals surface area contributed by atoms with E-state index < -0.39 is 11.9 Å². The smallest absolute Gasteiger partial charge is 0.251 e. The van der Waals surface area contributed by atoms with Gasteiger partial charge in [0, 0.05) is 44.0 Å². The number of benzene rings is 2. The molecule has 0 radical (unpaired) electrons. The van der Waals surface area contributed by atoms with Crippen LogP contribution in [0.25, 0.3) is 0 Å². The molecule has 4 heterocycles. The number of nitrogens with zero attached hydrogens (tertiary/aromatic N) is 4. The zero-order valence-electron chi connectivity index (χ0n) is 24.1. The van der Waals surface area contributed by atoms with Crippen molar-refractivity contribution in [2.24, 2.45) is 5.92 Å². The second-order valence-corrected chi connectivity index (χ2v) is 11.4. The summed E-state index contributed by atoms with van der Waals surface area (Å²) in [6.45, 7) is 3.78. The Morgan fingerprint density at radius 1 is 1.02 bits per heavy atom. The van der Waals surface area contributed by atoms with Crippen molar-refractivity contribution in [3.63, 3.8) is 0 Å². The normalized spacial score (nSPS) is 19.6. The number of carbonyl (C=O) groups excluding carboxylic acids is 3.